The molecule has 8 heteroatoms. The van der Waals surface area contributed by atoms with Gasteiger partial charge in [0, 0.05) is 17.5 Å². The quantitative estimate of drug-likeness (QED) is 0.351. The lowest BCUT2D eigenvalue weighted by atomic mass is 10.0. The molecule has 4 rings (SSSR count). The molecule has 0 aliphatic heterocycles. The van der Waals surface area contributed by atoms with Crippen LogP contribution in [0.15, 0.2) is 85.2 Å². The smallest absolute Gasteiger partial charge is 0.406 e. The third-order valence-electron chi connectivity index (χ3n) is 4.78. The summed E-state index contributed by atoms with van der Waals surface area (Å²) in [4.78, 5) is 16.5. The summed E-state index contributed by atoms with van der Waals surface area (Å²) >= 11 is 0. The molecule has 0 saturated heterocycles. The van der Waals surface area contributed by atoms with E-state index >= 15 is 0 Å². The molecule has 32 heavy (non-hydrogen) atoms. The predicted molar refractivity (Wildman–Crippen MR) is 113 cm³/mol. The highest BCUT2D eigenvalue weighted by molar-refractivity contribution is 5.96. The van der Waals surface area contributed by atoms with Crippen LogP contribution in [0.5, 0.6) is 5.75 Å². The summed E-state index contributed by atoms with van der Waals surface area (Å²) < 4.78 is 42.2. The van der Waals surface area contributed by atoms with Crippen LogP contribution < -0.4 is 4.74 Å². The van der Waals surface area contributed by atoms with Crippen molar-refractivity contribution in [3.63, 3.8) is 0 Å². The zero-order chi connectivity index (χ0) is 22.6. The third kappa shape index (κ3) is 5.40. The molecule has 0 N–H and O–H groups in total. The summed E-state index contributed by atoms with van der Waals surface area (Å²) in [5.41, 5.74) is 3.07. The van der Waals surface area contributed by atoms with Gasteiger partial charge in [-0.25, -0.2) is 9.67 Å². The number of hydrogen-bond donors (Lipinski definition) is 0. The second kappa shape index (κ2) is 9.05. The monoisotopic (exact) mass is 437 g/mol. The van der Waals surface area contributed by atoms with E-state index in [-0.39, 0.29) is 11.5 Å². The molecule has 162 valence electrons. The fraction of sp³-hybridized carbons (Fsp3) is 0.125. The number of rotatable bonds is 7. The first-order valence-corrected chi connectivity index (χ1v) is 9.83. The molecule has 1 aromatic heterocycles. The zero-order valence-corrected chi connectivity index (χ0v) is 16.8. The minimum Gasteiger partial charge on any atom is -0.406 e. The van der Waals surface area contributed by atoms with E-state index in [9.17, 15) is 18.0 Å². The molecule has 3 aromatic carbocycles. The van der Waals surface area contributed by atoms with Gasteiger partial charge in [-0.1, -0.05) is 54.6 Å². The molecule has 0 aliphatic carbocycles. The molecule has 0 aliphatic rings. The average molecular weight is 437 g/mol. The second-order valence-electron chi connectivity index (χ2n) is 7.04. The Morgan fingerprint density at radius 2 is 1.59 bits per heavy atom. The van der Waals surface area contributed by atoms with Gasteiger partial charge in [-0.3, -0.25) is 4.79 Å². The number of aryl methyl sites for hydroxylation is 1. The number of benzene rings is 3. The van der Waals surface area contributed by atoms with Gasteiger partial charge in [-0.2, -0.15) is 0 Å². The molecule has 5 nitrogen and oxygen atoms in total. The molecule has 0 amide bonds. The van der Waals surface area contributed by atoms with Crippen molar-refractivity contribution in [2.45, 2.75) is 19.2 Å². The fourth-order valence-corrected chi connectivity index (χ4v) is 3.17. The van der Waals surface area contributed by atoms with Crippen molar-refractivity contribution in [3.05, 3.63) is 96.3 Å². The molecule has 0 fully saturated rings. The fourth-order valence-electron chi connectivity index (χ4n) is 3.17. The van der Waals surface area contributed by atoms with Gasteiger partial charge in [0.25, 0.3) is 0 Å². The van der Waals surface area contributed by atoms with Crippen LogP contribution in [0.25, 0.3) is 17.1 Å². The summed E-state index contributed by atoms with van der Waals surface area (Å²) in [5.74, 6) is 0.275. The molecule has 4 aromatic rings. The first kappa shape index (κ1) is 21.3. The van der Waals surface area contributed by atoms with Gasteiger partial charge in [-0.05, 0) is 36.2 Å². The van der Waals surface area contributed by atoms with Crippen molar-refractivity contribution in [2.24, 2.45) is 0 Å². The lowest BCUT2D eigenvalue weighted by Gasteiger charge is -2.09. The highest BCUT2D eigenvalue weighted by Crippen LogP contribution is 2.24. The van der Waals surface area contributed by atoms with Crippen LogP contribution >= 0.6 is 0 Å². The summed E-state index contributed by atoms with van der Waals surface area (Å²) in [6, 6.07) is 22.2. The van der Waals surface area contributed by atoms with Gasteiger partial charge in [-0.15, -0.1) is 18.3 Å². The van der Waals surface area contributed by atoms with Crippen LogP contribution in [-0.4, -0.2) is 26.9 Å². The SMILES string of the molecule is O=C(CCc1ccc(-c2ncn(-c3ccc(OC(F)(F)F)cc3)n2)cc1)c1ccccc1. The van der Waals surface area contributed by atoms with Crippen molar-refractivity contribution in [2.75, 3.05) is 0 Å². The number of carbonyl (C=O) groups excluding carboxylic acids is 1. The van der Waals surface area contributed by atoms with Gasteiger partial charge in [0.1, 0.15) is 12.1 Å². The Morgan fingerprint density at radius 1 is 0.906 bits per heavy atom. The number of nitrogens with zero attached hydrogens (tertiary/aromatic N) is 3. The average Bonchev–Trinajstić information content (AvgIpc) is 3.28. The molecule has 1 heterocycles. The normalized spacial score (nSPS) is 11.3. The van der Waals surface area contributed by atoms with Crippen molar-refractivity contribution < 1.29 is 22.7 Å². The molecule has 0 saturated carbocycles. The van der Waals surface area contributed by atoms with Crippen LogP contribution in [-0.2, 0) is 6.42 Å². The van der Waals surface area contributed by atoms with Crippen molar-refractivity contribution in [1.82, 2.24) is 14.8 Å². The Hall–Kier alpha value is -3.94. The van der Waals surface area contributed by atoms with Crippen LogP contribution in [0.3, 0.4) is 0 Å². The topological polar surface area (TPSA) is 57.0 Å². The number of halogens is 3. The molecular weight excluding hydrogens is 419 g/mol. The second-order valence-corrected chi connectivity index (χ2v) is 7.04. The first-order valence-electron chi connectivity index (χ1n) is 9.83. The van der Waals surface area contributed by atoms with E-state index in [0.29, 0.717) is 29.9 Å². The van der Waals surface area contributed by atoms with Gasteiger partial charge in [0.15, 0.2) is 11.6 Å². The number of ketones is 1. The Balaban J connectivity index is 1.39. The number of carbonyl (C=O) groups is 1. The highest BCUT2D eigenvalue weighted by Gasteiger charge is 2.31. The molecule has 0 spiro atoms. The van der Waals surface area contributed by atoms with E-state index < -0.39 is 6.36 Å². The molecule has 0 unspecified atom stereocenters. The van der Waals surface area contributed by atoms with Crippen molar-refractivity contribution in [3.8, 4) is 22.8 Å². The van der Waals surface area contributed by atoms with E-state index in [1.807, 2.05) is 54.6 Å². The maximum Gasteiger partial charge on any atom is 0.573 e. The van der Waals surface area contributed by atoms with Gasteiger partial charge in [0.2, 0.25) is 0 Å². The maximum atomic E-state index is 12.3. The van der Waals surface area contributed by atoms with Crippen LogP contribution in [0.1, 0.15) is 22.3 Å². The summed E-state index contributed by atoms with van der Waals surface area (Å²) in [6.45, 7) is 0. The van der Waals surface area contributed by atoms with E-state index in [2.05, 4.69) is 14.8 Å². The molecule has 0 radical (unpaired) electrons. The Morgan fingerprint density at radius 3 is 2.25 bits per heavy atom. The van der Waals surface area contributed by atoms with Crippen LogP contribution in [0.2, 0.25) is 0 Å². The van der Waals surface area contributed by atoms with Crippen molar-refractivity contribution in [1.29, 1.82) is 0 Å². The highest BCUT2D eigenvalue weighted by atomic mass is 19.4. The van der Waals surface area contributed by atoms with Crippen LogP contribution in [0, 0.1) is 0 Å². The van der Waals surface area contributed by atoms with E-state index in [0.717, 1.165) is 11.1 Å². The number of alkyl halides is 3. The number of hydrogen-bond acceptors (Lipinski definition) is 4. The number of aromatic nitrogens is 3. The predicted octanol–water partition coefficient (Wildman–Crippen LogP) is 5.65. The van der Waals surface area contributed by atoms with Gasteiger partial charge < -0.3 is 4.74 Å². The molecule has 0 atom stereocenters. The summed E-state index contributed by atoms with van der Waals surface area (Å²) in [5, 5.41) is 4.39. The zero-order valence-electron chi connectivity index (χ0n) is 16.8. The Labute approximate surface area is 182 Å². The van der Waals surface area contributed by atoms with E-state index in [1.54, 1.807) is 0 Å². The largest absolute Gasteiger partial charge is 0.573 e. The first-order chi connectivity index (χ1) is 15.4. The number of ether oxygens (including phenoxy) is 1. The minimum atomic E-state index is -4.73. The molecule has 0 bridgehead atoms. The Kier molecular flexibility index (Phi) is 6.02. The lowest BCUT2D eigenvalue weighted by Crippen LogP contribution is -2.17. The third-order valence-corrected chi connectivity index (χ3v) is 4.78. The minimum absolute atomic E-state index is 0.0988. The summed E-state index contributed by atoms with van der Waals surface area (Å²) in [6.07, 6.45) is -2.20. The van der Waals surface area contributed by atoms with E-state index in [1.165, 1.54) is 35.3 Å². The molecular formula is C24H18F3N3O2. The van der Waals surface area contributed by atoms with Crippen molar-refractivity contribution >= 4 is 5.78 Å². The van der Waals surface area contributed by atoms with Crippen LogP contribution in [0.4, 0.5) is 13.2 Å². The van der Waals surface area contributed by atoms with Gasteiger partial charge >= 0.3 is 6.36 Å². The standard InChI is InChI=1S/C24H18F3N3O2/c25-24(26,27)32-21-13-11-20(12-14-21)30-16-28-23(29-30)19-9-6-17(7-10-19)8-15-22(31)18-4-2-1-3-5-18/h1-7,9-14,16H,8,15H2. The Bertz CT molecular complexity index is 1190. The van der Waals surface area contributed by atoms with Gasteiger partial charge in [0.05, 0.1) is 5.69 Å². The maximum absolute atomic E-state index is 12.3. The lowest BCUT2D eigenvalue weighted by molar-refractivity contribution is -0.274. The van der Waals surface area contributed by atoms with E-state index in [4.69, 9.17) is 0 Å². The number of Topliss-reactive ketones (excluding diaryl/α,β-unsaturated/α-hetero) is 1. The summed E-state index contributed by atoms with van der Waals surface area (Å²) in [7, 11) is 0.